The minimum atomic E-state index is -0.364. The van der Waals surface area contributed by atoms with Crippen LogP contribution in [-0.2, 0) is 20.7 Å². The number of hydrogen-bond donors (Lipinski definition) is 0. The van der Waals surface area contributed by atoms with Crippen molar-refractivity contribution in [2.24, 2.45) is 23.7 Å². The number of esters is 1. The number of hydrogen-bond acceptors (Lipinski definition) is 3. The highest BCUT2D eigenvalue weighted by Crippen LogP contribution is 2.48. The van der Waals surface area contributed by atoms with Crippen LogP contribution in [0.2, 0.25) is 0 Å². The van der Waals surface area contributed by atoms with E-state index in [9.17, 15) is 14.0 Å². The average molecular weight is 370 g/mol. The number of carbonyl (C=O) groups excluding carboxylic acids is 2. The maximum absolute atomic E-state index is 13.2. The molecule has 0 heterocycles. The van der Waals surface area contributed by atoms with Gasteiger partial charge in [0.2, 0.25) is 0 Å². The number of halogens is 1. The molecule has 1 aromatic carbocycles. The maximum atomic E-state index is 13.2. The van der Waals surface area contributed by atoms with Gasteiger partial charge in [-0.2, -0.15) is 0 Å². The fourth-order valence-electron chi connectivity index (χ4n) is 4.82. The number of methoxy groups -OCH3 is 1. The quantitative estimate of drug-likeness (QED) is 0.572. The van der Waals surface area contributed by atoms with Crippen LogP contribution < -0.4 is 0 Å². The zero-order valence-electron chi connectivity index (χ0n) is 16.3. The van der Waals surface area contributed by atoms with Gasteiger partial charge in [0.15, 0.2) is 5.78 Å². The summed E-state index contributed by atoms with van der Waals surface area (Å²) in [4.78, 5) is 25.0. The molecule has 27 heavy (non-hydrogen) atoms. The van der Waals surface area contributed by atoms with Gasteiger partial charge in [-0.15, -0.1) is 0 Å². The zero-order valence-corrected chi connectivity index (χ0v) is 16.3. The van der Waals surface area contributed by atoms with Crippen molar-refractivity contribution in [2.75, 3.05) is 7.11 Å². The molecule has 2 aliphatic carbocycles. The van der Waals surface area contributed by atoms with Crippen LogP contribution in [0.1, 0.15) is 38.7 Å². The number of ketones is 1. The molecular formula is C23H27FO3. The van der Waals surface area contributed by atoms with Crippen molar-refractivity contribution in [3.8, 4) is 0 Å². The summed E-state index contributed by atoms with van der Waals surface area (Å²) in [6.45, 7) is 8.05. The third-order valence-corrected chi connectivity index (χ3v) is 6.38. The molecule has 1 fully saturated rings. The highest BCUT2D eigenvalue weighted by Gasteiger charge is 2.44. The number of Topliss-reactive ketones (excluding diaryl/α,β-unsaturated/α-hetero) is 1. The Morgan fingerprint density at radius 3 is 2.56 bits per heavy atom. The van der Waals surface area contributed by atoms with Crippen molar-refractivity contribution in [2.45, 2.75) is 39.5 Å². The standard InChI is InChI=1S/C23H27FO3/c1-13-5-8-17(14(2)23(26)27-4)12-19-15(3)22(25)20(21(13)19)11-16-6-9-18(24)10-7-16/h6-7,9-10,13,17,20-21H,2,5,8,11-12H2,1,3-4H3/t13-,17+,20?,21-/m0/s1. The lowest BCUT2D eigenvalue weighted by molar-refractivity contribution is -0.136. The fourth-order valence-corrected chi connectivity index (χ4v) is 4.82. The predicted octanol–water partition coefficient (Wildman–Crippen LogP) is 4.67. The van der Waals surface area contributed by atoms with Crippen LogP contribution in [0.4, 0.5) is 4.39 Å². The molecule has 1 saturated carbocycles. The van der Waals surface area contributed by atoms with Gasteiger partial charge in [-0.1, -0.05) is 31.2 Å². The van der Waals surface area contributed by atoms with Crippen LogP contribution in [0.15, 0.2) is 47.6 Å². The molecule has 3 rings (SSSR count). The monoisotopic (exact) mass is 370 g/mol. The number of fused-ring (bicyclic) bond motifs is 1. The molecule has 2 aliphatic rings. The summed E-state index contributed by atoms with van der Waals surface area (Å²) in [5, 5.41) is 0. The third kappa shape index (κ3) is 3.76. The molecule has 0 aliphatic heterocycles. The molecule has 1 aromatic rings. The van der Waals surface area contributed by atoms with Crippen LogP contribution in [0.25, 0.3) is 0 Å². The first-order valence-electron chi connectivity index (χ1n) is 9.58. The summed E-state index contributed by atoms with van der Waals surface area (Å²) in [5.74, 6) is 0.00339. The van der Waals surface area contributed by atoms with Crippen molar-refractivity contribution in [3.63, 3.8) is 0 Å². The van der Waals surface area contributed by atoms with Crippen LogP contribution in [0, 0.1) is 29.5 Å². The molecule has 4 heteroatoms. The molecule has 0 radical (unpaired) electrons. The number of ether oxygens (including phenoxy) is 1. The lowest BCUT2D eigenvalue weighted by atomic mass is 9.77. The minimum absolute atomic E-state index is 0.0206. The summed E-state index contributed by atoms with van der Waals surface area (Å²) < 4.78 is 18.1. The van der Waals surface area contributed by atoms with Crippen LogP contribution in [0.3, 0.4) is 0 Å². The van der Waals surface area contributed by atoms with Gasteiger partial charge in [0.1, 0.15) is 5.82 Å². The van der Waals surface area contributed by atoms with Gasteiger partial charge in [-0.3, -0.25) is 4.79 Å². The highest BCUT2D eigenvalue weighted by atomic mass is 19.1. The smallest absolute Gasteiger partial charge is 0.333 e. The Morgan fingerprint density at radius 2 is 1.93 bits per heavy atom. The fraction of sp³-hybridized carbons (Fsp3) is 0.478. The summed E-state index contributed by atoms with van der Waals surface area (Å²) >= 11 is 0. The van der Waals surface area contributed by atoms with Crippen molar-refractivity contribution in [1.82, 2.24) is 0 Å². The van der Waals surface area contributed by atoms with Crippen molar-refractivity contribution >= 4 is 11.8 Å². The normalized spacial score (nSPS) is 27.9. The van der Waals surface area contributed by atoms with E-state index in [0.717, 1.165) is 24.0 Å². The van der Waals surface area contributed by atoms with Gasteiger partial charge in [0.05, 0.1) is 7.11 Å². The van der Waals surface area contributed by atoms with Gasteiger partial charge in [0, 0.05) is 11.5 Å². The Labute approximate surface area is 160 Å². The van der Waals surface area contributed by atoms with E-state index in [2.05, 4.69) is 13.5 Å². The molecule has 1 unspecified atom stereocenters. The Balaban J connectivity index is 1.87. The van der Waals surface area contributed by atoms with E-state index in [1.165, 1.54) is 24.8 Å². The molecule has 144 valence electrons. The molecule has 3 nitrogen and oxygen atoms in total. The third-order valence-electron chi connectivity index (χ3n) is 6.38. The van der Waals surface area contributed by atoms with Gasteiger partial charge >= 0.3 is 5.97 Å². The van der Waals surface area contributed by atoms with Crippen molar-refractivity contribution in [3.05, 3.63) is 58.9 Å². The zero-order chi connectivity index (χ0) is 19.7. The molecule has 0 spiro atoms. The Bertz CT molecular complexity index is 790. The molecule has 0 N–H and O–H groups in total. The second-order valence-electron chi connectivity index (χ2n) is 7.95. The minimum Gasteiger partial charge on any atom is -0.466 e. The maximum Gasteiger partial charge on any atom is 0.333 e. The number of carbonyl (C=O) groups is 2. The molecule has 4 atom stereocenters. The molecular weight excluding hydrogens is 343 g/mol. The summed E-state index contributed by atoms with van der Waals surface area (Å²) in [5.41, 5.74) is 3.49. The highest BCUT2D eigenvalue weighted by molar-refractivity contribution is 6.01. The lowest BCUT2D eigenvalue weighted by Crippen LogP contribution is -2.25. The van der Waals surface area contributed by atoms with Gasteiger partial charge in [0.25, 0.3) is 0 Å². The van der Waals surface area contributed by atoms with Crippen LogP contribution in [0.5, 0.6) is 0 Å². The van der Waals surface area contributed by atoms with Crippen molar-refractivity contribution in [1.29, 1.82) is 0 Å². The van der Waals surface area contributed by atoms with Gasteiger partial charge < -0.3 is 4.74 Å². The summed E-state index contributed by atoms with van der Waals surface area (Å²) in [7, 11) is 1.37. The number of allylic oxidation sites excluding steroid dienone is 2. The van der Waals surface area contributed by atoms with Gasteiger partial charge in [-0.25, -0.2) is 9.18 Å². The van der Waals surface area contributed by atoms with E-state index in [0.29, 0.717) is 24.3 Å². The van der Waals surface area contributed by atoms with E-state index >= 15 is 0 Å². The van der Waals surface area contributed by atoms with E-state index < -0.39 is 0 Å². The number of benzene rings is 1. The molecule has 0 saturated heterocycles. The Hall–Kier alpha value is -2.23. The van der Waals surface area contributed by atoms with Crippen molar-refractivity contribution < 1.29 is 18.7 Å². The lowest BCUT2D eigenvalue weighted by Gasteiger charge is -2.26. The second-order valence-corrected chi connectivity index (χ2v) is 7.95. The van der Waals surface area contributed by atoms with Gasteiger partial charge in [-0.05, 0) is 73.6 Å². The van der Waals surface area contributed by atoms with E-state index in [-0.39, 0.29) is 35.3 Å². The van der Waals surface area contributed by atoms with Crippen LogP contribution >= 0.6 is 0 Å². The first kappa shape index (κ1) is 19.5. The Kier molecular flexibility index (Phi) is 5.64. The average Bonchev–Trinajstić information content (AvgIpc) is 2.80. The topological polar surface area (TPSA) is 43.4 Å². The largest absolute Gasteiger partial charge is 0.466 e. The van der Waals surface area contributed by atoms with E-state index in [1.807, 2.05) is 6.92 Å². The van der Waals surface area contributed by atoms with Crippen LogP contribution in [-0.4, -0.2) is 18.9 Å². The number of rotatable bonds is 4. The first-order valence-corrected chi connectivity index (χ1v) is 9.58. The molecule has 0 amide bonds. The Morgan fingerprint density at radius 1 is 1.26 bits per heavy atom. The van der Waals surface area contributed by atoms with E-state index in [4.69, 9.17) is 4.74 Å². The molecule has 0 bridgehead atoms. The predicted molar refractivity (Wildman–Crippen MR) is 102 cm³/mol. The summed E-state index contributed by atoms with van der Waals surface area (Å²) in [6, 6.07) is 6.42. The second kappa shape index (κ2) is 7.79. The first-order chi connectivity index (χ1) is 12.8. The SMILES string of the molecule is C=C(C(=O)OC)[C@@H]1CC[C@H](C)[C@H]2C(=C(C)C(=O)C2Cc2ccc(F)cc2)C1. The summed E-state index contributed by atoms with van der Waals surface area (Å²) in [6.07, 6.45) is 3.13. The van der Waals surface area contributed by atoms with E-state index in [1.54, 1.807) is 12.1 Å². The molecule has 0 aromatic heterocycles.